The number of hydrogen-bond acceptors (Lipinski definition) is 6. The maximum atomic E-state index is 5.67. The van der Waals surface area contributed by atoms with Crippen molar-refractivity contribution in [2.45, 2.75) is 40.5 Å². The largest absolute Gasteiger partial charge is 0.495 e. The number of fused-ring (bicyclic) bond motifs is 1. The third-order valence-electron chi connectivity index (χ3n) is 4.60. The molecule has 3 rings (SSSR count). The Morgan fingerprint density at radius 1 is 1.04 bits per heavy atom. The molecule has 1 heterocycles. The lowest BCUT2D eigenvalue weighted by molar-refractivity contribution is 0.414. The first-order chi connectivity index (χ1) is 13.5. The van der Waals surface area contributed by atoms with E-state index in [1.807, 2.05) is 12.1 Å². The SMILES string of the molecule is CCCN(CCC)c1cc(C)c(N=Nc2nc3ccc(C)cc3s2)cc1OC. The topological polar surface area (TPSA) is 50.1 Å². The average Bonchev–Trinajstić information content (AvgIpc) is 3.08. The molecule has 0 fully saturated rings. The number of aromatic nitrogens is 1. The molecule has 0 N–H and O–H groups in total. The molecule has 0 aliphatic heterocycles. The molecule has 5 nitrogen and oxygen atoms in total. The van der Waals surface area contributed by atoms with Gasteiger partial charge in [0.1, 0.15) is 5.75 Å². The van der Waals surface area contributed by atoms with E-state index in [-0.39, 0.29) is 0 Å². The second-order valence-corrected chi connectivity index (χ2v) is 7.97. The Bertz CT molecular complexity index is 974. The van der Waals surface area contributed by atoms with Gasteiger partial charge in [0.2, 0.25) is 5.13 Å². The van der Waals surface area contributed by atoms with Gasteiger partial charge < -0.3 is 9.64 Å². The van der Waals surface area contributed by atoms with Crippen molar-refractivity contribution in [3.8, 4) is 5.75 Å². The Hall–Kier alpha value is -2.47. The van der Waals surface area contributed by atoms with Crippen molar-refractivity contribution in [3.63, 3.8) is 0 Å². The predicted octanol–water partition coefficient (Wildman–Crippen LogP) is 6.96. The van der Waals surface area contributed by atoms with Crippen molar-refractivity contribution >= 4 is 38.1 Å². The summed E-state index contributed by atoms with van der Waals surface area (Å²) in [6.07, 6.45) is 2.20. The number of hydrogen-bond donors (Lipinski definition) is 0. The molecule has 0 aliphatic carbocycles. The Morgan fingerprint density at radius 2 is 1.79 bits per heavy atom. The van der Waals surface area contributed by atoms with Gasteiger partial charge in [-0.2, -0.15) is 0 Å². The first kappa shape index (κ1) is 20.3. The highest BCUT2D eigenvalue weighted by Crippen LogP contribution is 2.37. The van der Waals surface area contributed by atoms with Gasteiger partial charge in [-0.1, -0.05) is 31.3 Å². The lowest BCUT2D eigenvalue weighted by Gasteiger charge is -2.26. The molecule has 148 valence electrons. The minimum Gasteiger partial charge on any atom is -0.495 e. The summed E-state index contributed by atoms with van der Waals surface area (Å²) < 4.78 is 6.80. The highest BCUT2D eigenvalue weighted by Gasteiger charge is 2.14. The number of benzene rings is 2. The summed E-state index contributed by atoms with van der Waals surface area (Å²) in [6.45, 7) is 10.6. The van der Waals surface area contributed by atoms with Crippen molar-refractivity contribution in [3.05, 3.63) is 41.5 Å². The maximum Gasteiger partial charge on any atom is 0.231 e. The molecule has 0 saturated carbocycles. The number of methoxy groups -OCH3 is 1. The summed E-state index contributed by atoms with van der Waals surface area (Å²) in [5.74, 6) is 0.835. The molecule has 1 aromatic heterocycles. The van der Waals surface area contributed by atoms with Gasteiger partial charge in [-0.15, -0.1) is 10.2 Å². The summed E-state index contributed by atoms with van der Waals surface area (Å²) in [5.41, 5.74) is 5.19. The highest BCUT2D eigenvalue weighted by molar-refractivity contribution is 7.21. The van der Waals surface area contributed by atoms with Crippen LogP contribution in [0.5, 0.6) is 5.75 Å². The third kappa shape index (κ3) is 4.50. The quantitative estimate of drug-likeness (QED) is 0.387. The van der Waals surface area contributed by atoms with Gasteiger partial charge >= 0.3 is 0 Å². The minimum atomic E-state index is 0.668. The van der Waals surface area contributed by atoms with Gasteiger partial charge in [0, 0.05) is 19.2 Å². The normalized spacial score (nSPS) is 11.5. The van der Waals surface area contributed by atoms with Crippen LogP contribution < -0.4 is 9.64 Å². The fraction of sp³-hybridized carbons (Fsp3) is 0.409. The summed E-state index contributed by atoms with van der Waals surface area (Å²) in [7, 11) is 1.71. The van der Waals surface area contributed by atoms with Crippen molar-refractivity contribution in [1.29, 1.82) is 0 Å². The first-order valence-corrected chi connectivity index (χ1v) is 10.6. The number of rotatable bonds is 8. The van der Waals surface area contributed by atoms with Crippen LogP contribution in [0.25, 0.3) is 10.2 Å². The van der Waals surface area contributed by atoms with Crippen LogP contribution in [0.1, 0.15) is 37.8 Å². The Morgan fingerprint density at radius 3 is 2.46 bits per heavy atom. The van der Waals surface area contributed by atoms with E-state index in [1.165, 1.54) is 5.56 Å². The fourth-order valence-corrected chi connectivity index (χ4v) is 4.12. The molecule has 0 bridgehead atoms. The van der Waals surface area contributed by atoms with Crippen LogP contribution >= 0.6 is 11.3 Å². The van der Waals surface area contributed by atoms with E-state index in [2.05, 4.69) is 66.0 Å². The summed E-state index contributed by atoms with van der Waals surface area (Å²) >= 11 is 1.56. The maximum absolute atomic E-state index is 5.67. The summed E-state index contributed by atoms with van der Waals surface area (Å²) in [4.78, 5) is 6.93. The molecule has 0 amide bonds. The van der Waals surface area contributed by atoms with E-state index < -0.39 is 0 Å². The molecule has 2 aromatic carbocycles. The predicted molar refractivity (Wildman–Crippen MR) is 119 cm³/mol. The van der Waals surface area contributed by atoms with Crippen LogP contribution in [-0.2, 0) is 0 Å². The van der Waals surface area contributed by atoms with Crippen molar-refractivity contribution < 1.29 is 4.74 Å². The Balaban J connectivity index is 1.91. The van der Waals surface area contributed by atoms with Gasteiger partial charge in [-0.3, -0.25) is 0 Å². The molecule has 0 radical (unpaired) electrons. The number of nitrogens with zero attached hydrogens (tertiary/aromatic N) is 4. The summed E-state index contributed by atoms with van der Waals surface area (Å²) in [5, 5.41) is 9.53. The van der Waals surface area contributed by atoms with Crippen LogP contribution in [-0.4, -0.2) is 25.2 Å². The number of ether oxygens (including phenoxy) is 1. The molecule has 0 atom stereocenters. The van der Waals surface area contributed by atoms with E-state index in [1.54, 1.807) is 18.4 Å². The lowest BCUT2D eigenvalue weighted by atomic mass is 10.1. The molecule has 6 heteroatoms. The number of anilines is 1. The zero-order valence-electron chi connectivity index (χ0n) is 17.3. The van der Waals surface area contributed by atoms with Crippen LogP contribution in [0.3, 0.4) is 0 Å². The lowest BCUT2D eigenvalue weighted by Crippen LogP contribution is -2.25. The number of azo groups is 1. The fourth-order valence-electron chi connectivity index (χ4n) is 3.23. The standard InChI is InChI=1S/C22H28N4OS/c1-6-10-26(11-7-2)19-13-16(4)18(14-20(19)27-5)24-25-22-23-17-9-8-15(3)12-21(17)28-22/h8-9,12-14H,6-7,10-11H2,1-5H3. The van der Waals surface area contributed by atoms with Crippen LogP contribution in [0, 0.1) is 13.8 Å². The smallest absolute Gasteiger partial charge is 0.231 e. The van der Waals surface area contributed by atoms with Crippen LogP contribution in [0.15, 0.2) is 40.6 Å². The second-order valence-electron chi connectivity index (χ2n) is 6.97. The molecule has 0 unspecified atom stereocenters. The van der Waals surface area contributed by atoms with Crippen LogP contribution in [0.2, 0.25) is 0 Å². The number of thiazole rings is 1. The van der Waals surface area contributed by atoms with E-state index in [9.17, 15) is 0 Å². The second kappa shape index (κ2) is 9.15. The molecule has 3 aromatic rings. The summed E-state index contributed by atoms with van der Waals surface area (Å²) in [6, 6.07) is 10.4. The molecule has 28 heavy (non-hydrogen) atoms. The first-order valence-electron chi connectivity index (χ1n) is 9.78. The van der Waals surface area contributed by atoms with Gasteiger partial charge in [0.15, 0.2) is 0 Å². The number of aryl methyl sites for hydroxylation is 2. The van der Waals surface area contributed by atoms with Crippen molar-refractivity contribution in [2.75, 3.05) is 25.1 Å². The van der Waals surface area contributed by atoms with Crippen molar-refractivity contribution in [2.24, 2.45) is 10.2 Å². The van der Waals surface area contributed by atoms with E-state index in [4.69, 9.17) is 4.74 Å². The van der Waals surface area contributed by atoms with E-state index in [0.717, 1.165) is 58.8 Å². The van der Waals surface area contributed by atoms with E-state index >= 15 is 0 Å². The zero-order chi connectivity index (χ0) is 20.1. The van der Waals surface area contributed by atoms with Gasteiger partial charge in [0.05, 0.1) is 28.7 Å². The minimum absolute atomic E-state index is 0.668. The third-order valence-corrected chi connectivity index (χ3v) is 5.50. The Labute approximate surface area is 171 Å². The molecular weight excluding hydrogens is 368 g/mol. The highest BCUT2D eigenvalue weighted by atomic mass is 32.1. The molecule has 0 saturated heterocycles. The van der Waals surface area contributed by atoms with Crippen LogP contribution in [0.4, 0.5) is 16.5 Å². The van der Waals surface area contributed by atoms with Crippen molar-refractivity contribution in [1.82, 2.24) is 4.98 Å². The monoisotopic (exact) mass is 396 g/mol. The van der Waals surface area contributed by atoms with Gasteiger partial charge in [-0.25, -0.2) is 4.98 Å². The Kier molecular flexibility index (Phi) is 6.62. The van der Waals surface area contributed by atoms with E-state index in [0.29, 0.717) is 5.13 Å². The molecule has 0 spiro atoms. The molecular formula is C22H28N4OS. The molecule has 0 aliphatic rings. The zero-order valence-corrected chi connectivity index (χ0v) is 18.1. The average molecular weight is 397 g/mol. The van der Waals surface area contributed by atoms with Gasteiger partial charge in [0.25, 0.3) is 0 Å². The van der Waals surface area contributed by atoms with Gasteiger partial charge in [-0.05, 0) is 56.0 Å².